The van der Waals surface area contributed by atoms with E-state index in [0.717, 1.165) is 18.6 Å². The van der Waals surface area contributed by atoms with E-state index >= 15 is 0 Å². The molecule has 0 radical (unpaired) electrons. The fraction of sp³-hybridized carbons (Fsp3) is 0.368. The Morgan fingerprint density at radius 1 is 1.08 bits per heavy atom. The van der Waals surface area contributed by atoms with Crippen molar-refractivity contribution < 1.29 is 17.9 Å². The highest BCUT2D eigenvalue weighted by Gasteiger charge is 2.25. The molecule has 138 valence electrons. The molecule has 0 spiro atoms. The fourth-order valence-corrected chi connectivity index (χ4v) is 4.21. The second-order valence-electron chi connectivity index (χ2n) is 6.26. The summed E-state index contributed by atoms with van der Waals surface area (Å²) in [7, 11) is -3.42. The highest BCUT2D eigenvalue weighted by Crippen LogP contribution is 2.19. The van der Waals surface area contributed by atoms with E-state index in [2.05, 4.69) is 4.98 Å². The Hall–Kier alpha value is -2.41. The van der Waals surface area contributed by atoms with Crippen LogP contribution in [0.25, 0.3) is 0 Å². The number of ether oxygens (including phenoxy) is 1. The van der Waals surface area contributed by atoms with Crippen LogP contribution in [0.2, 0.25) is 0 Å². The summed E-state index contributed by atoms with van der Waals surface area (Å²) in [5.74, 6) is 0.495. The second-order valence-corrected chi connectivity index (χ2v) is 8.37. The van der Waals surface area contributed by atoms with Crippen molar-refractivity contribution in [3.8, 4) is 5.75 Å². The Kier molecular flexibility index (Phi) is 5.88. The number of hydrogen-bond donors (Lipinski definition) is 0. The number of benzene rings is 1. The quantitative estimate of drug-likeness (QED) is 0.775. The van der Waals surface area contributed by atoms with Crippen molar-refractivity contribution in [1.82, 2.24) is 9.88 Å². The lowest BCUT2D eigenvalue weighted by atomic mass is 10.1. The number of piperidine rings is 1. The molecule has 1 aromatic heterocycles. The molecule has 1 amide bonds. The minimum atomic E-state index is -3.42. The maximum atomic E-state index is 12.4. The third-order valence-corrected chi connectivity index (χ3v) is 6.17. The first-order chi connectivity index (χ1) is 12.5. The summed E-state index contributed by atoms with van der Waals surface area (Å²) in [6, 6.07) is 11.9. The number of sulfone groups is 1. The minimum absolute atomic E-state index is 0.00705. The SMILES string of the molecule is O=C(CCS(=O)(=O)c1ccccc1)N1CCC(Oc2ccncc2)CC1. The number of pyridine rings is 1. The Morgan fingerprint density at radius 3 is 2.38 bits per heavy atom. The number of likely N-dealkylation sites (tertiary alicyclic amines) is 1. The lowest BCUT2D eigenvalue weighted by Gasteiger charge is -2.32. The number of rotatable bonds is 6. The van der Waals surface area contributed by atoms with Crippen molar-refractivity contribution in [1.29, 1.82) is 0 Å². The molecule has 7 heteroatoms. The molecular formula is C19H22N2O4S. The van der Waals surface area contributed by atoms with Gasteiger partial charge in [0.15, 0.2) is 9.84 Å². The molecule has 1 fully saturated rings. The summed E-state index contributed by atoms with van der Waals surface area (Å²) < 4.78 is 30.4. The number of carbonyl (C=O) groups excluding carboxylic acids is 1. The van der Waals surface area contributed by atoms with E-state index in [9.17, 15) is 13.2 Å². The zero-order chi connectivity index (χ0) is 18.4. The predicted molar refractivity (Wildman–Crippen MR) is 97.6 cm³/mol. The number of nitrogens with zero attached hydrogens (tertiary/aromatic N) is 2. The van der Waals surface area contributed by atoms with Gasteiger partial charge in [-0.25, -0.2) is 8.42 Å². The topological polar surface area (TPSA) is 76.6 Å². The first-order valence-corrected chi connectivity index (χ1v) is 10.3. The van der Waals surface area contributed by atoms with Crippen LogP contribution in [-0.2, 0) is 14.6 Å². The van der Waals surface area contributed by atoms with Crippen LogP contribution in [0.5, 0.6) is 5.75 Å². The molecule has 3 rings (SSSR count). The third-order valence-electron chi connectivity index (χ3n) is 4.43. The van der Waals surface area contributed by atoms with E-state index in [1.54, 1.807) is 47.6 Å². The molecule has 0 bridgehead atoms. The van der Waals surface area contributed by atoms with E-state index in [-0.39, 0.29) is 29.1 Å². The summed E-state index contributed by atoms with van der Waals surface area (Å²) in [6.07, 6.45) is 4.91. The molecule has 2 aromatic rings. The molecule has 0 atom stereocenters. The van der Waals surface area contributed by atoms with Gasteiger partial charge in [-0.2, -0.15) is 0 Å². The number of hydrogen-bond acceptors (Lipinski definition) is 5. The maximum absolute atomic E-state index is 12.4. The molecule has 26 heavy (non-hydrogen) atoms. The number of carbonyl (C=O) groups is 1. The van der Waals surface area contributed by atoms with Crippen molar-refractivity contribution in [3.05, 3.63) is 54.9 Å². The Bertz CT molecular complexity index is 817. The molecule has 2 heterocycles. The molecule has 1 saturated heterocycles. The van der Waals surface area contributed by atoms with Gasteiger partial charge in [0.2, 0.25) is 5.91 Å². The summed E-state index contributed by atoms with van der Waals surface area (Å²) in [5, 5.41) is 0. The van der Waals surface area contributed by atoms with Crippen LogP contribution in [0.4, 0.5) is 0 Å². The molecule has 0 saturated carbocycles. The van der Waals surface area contributed by atoms with Gasteiger partial charge >= 0.3 is 0 Å². The smallest absolute Gasteiger partial charge is 0.223 e. The first-order valence-electron chi connectivity index (χ1n) is 8.67. The predicted octanol–water partition coefficient (Wildman–Crippen LogP) is 2.32. The van der Waals surface area contributed by atoms with Crippen molar-refractivity contribution >= 4 is 15.7 Å². The van der Waals surface area contributed by atoms with Crippen molar-refractivity contribution in [3.63, 3.8) is 0 Å². The molecule has 0 unspecified atom stereocenters. The van der Waals surface area contributed by atoms with Gasteiger partial charge < -0.3 is 9.64 Å². The van der Waals surface area contributed by atoms with Crippen LogP contribution in [0.15, 0.2) is 59.8 Å². The molecule has 1 aliphatic heterocycles. The van der Waals surface area contributed by atoms with Gasteiger partial charge in [0, 0.05) is 44.7 Å². The normalized spacial score (nSPS) is 15.6. The molecule has 1 aromatic carbocycles. The van der Waals surface area contributed by atoms with E-state index in [1.807, 2.05) is 12.1 Å². The van der Waals surface area contributed by atoms with Gasteiger partial charge in [0.1, 0.15) is 11.9 Å². The van der Waals surface area contributed by atoms with Gasteiger partial charge in [-0.3, -0.25) is 9.78 Å². The van der Waals surface area contributed by atoms with Crippen LogP contribution in [0.3, 0.4) is 0 Å². The molecular weight excluding hydrogens is 352 g/mol. The van der Waals surface area contributed by atoms with Crippen LogP contribution in [0, 0.1) is 0 Å². The monoisotopic (exact) mass is 374 g/mol. The van der Waals surface area contributed by atoms with Gasteiger partial charge in [-0.1, -0.05) is 18.2 Å². The summed E-state index contributed by atoms with van der Waals surface area (Å²) in [5.41, 5.74) is 0. The minimum Gasteiger partial charge on any atom is -0.490 e. The lowest BCUT2D eigenvalue weighted by Crippen LogP contribution is -2.42. The summed E-state index contributed by atoms with van der Waals surface area (Å²) in [6.45, 7) is 1.17. The maximum Gasteiger partial charge on any atom is 0.223 e. The first kappa shape index (κ1) is 18.4. The number of aromatic nitrogens is 1. The van der Waals surface area contributed by atoms with Gasteiger partial charge in [-0.15, -0.1) is 0 Å². The van der Waals surface area contributed by atoms with Crippen molar-refractivity contribution in [2.45, 2.75) is 30.3 Å². The highest BCUT2D eigenvalue weighted by molar-refractivity contribution is 7.91. The average molecular weight is 374 g/mol. The lowest BCUT2D eigenvalue weighted by molar-refractivity contribution is -0.132. The van der Waals surface area contributed by atoms with E-state index < -0.39 is 9.84 Å². The third kappa shape index (κ3) is 4.82. The van der Waals surface area contributed by atoms with Crippen LogP contribution < -0.4 is 4.74 Å². The van der Waals surface area contributed by atoms with Crippen LogP contribution in [0.1, 0.15) is 19.3 Å². The summed E-state index contributed by atoms with van der Waals surface area (Å²) in [4.78, 5) is 18.3. The van der Waals surface area contributed by atoms with Gasteiger partial charge in [0.25, 0.3) is 0 Å². The molecule has 1 aliphatic rings. The van der Waals surface area contributed by atoms with Gasteiger partial charge in [-0.05, 0) is 24.3 Å². The summed E-state index contributed by atoms with van der Waals surface area (Å²) >= 11 is 0. The standard InChI is InChI=1S/C19H22N2O4S/c22-19(10-15-26(23,24)18-4-2-1-3-5-18)21-13-8-17(9-14-21)25-16-6-11-20-12-7-16/h1-7,11-12,17H,8-10,13-15H2. The average Bonchev–Trinajstić information content (AvgIpc) is 2.68. The van der Waals surface area contributed by atoms with Gasteiger partial charge in [0.05, 0.1) is 10.6 Å². The largest absolute Gasteiger partial charge is 0.490 e. The fourth-order valence-electron chi connectivity index (χ4n) is 2.96. The highest BCUT2D eigenvalue weighted by atomic mass is 32.2. The number of amides is 1. The second kappa shape index (κ2) is 8.31. The molecule has 6 nitrogen and oxygen atoms in total. The molecule has 0 N–H and O–H groups in total. The van der Waals surface area contributed by atoms with Crippen molar-refractivity contribution in [2.75, 3.05) is 18.8 Å². The Morgan fingerprint density at radius 2 is 1.73 bits per heavy atom. The van der Waals surface area contributed by atoms with Crippen molar-refractivity contribution in [2.24, 2.45) is 0 Å². The Labute approximate surface area is 153 Å². The zero-order valence-corrected chi connectivity index (χ0v) is 15.3. The molecule has 0 aliphatic carbocycles. The van der Waals surface area contributed by atoms with E-state index in [4.69, 9.17) is 4.74 Å². The zero-order valence-electron chi connectivity index (χ0n) is 14.5. The van der Waals surface area contributed by atoms with Crippen LogP contribution in [-0.4, -0.2) is 49.2 Å². The van der Waals surface area contributed by atoms with Crippen LogP contribution >= 0.6 is 0 Å². The van der Waals surface area contributed by atoms with E-state index in [1.165, 1.54) is 0 Å². The Balaban J connectivity index is 1.47. The van der Waals surface area contributed by atoms with E-state index in [0.29, 0.717) is 13.1 Å².